The number of hydrogen-bond acceptors (Lipinski definition) is 3. The zero-order valence-electron chi connectivity index (χ0n) is 11.8. The summed E-state index contributed by atoms with van der Waals surface area (Å²) in [6, 6.07) is 4.47. The monoisotopic (exact) mass is 312 g/mol. The lowest BCUT2D eigenvalue weighted by Crippen LogP contribution is -2.51. The van der Waals surface area contributed by atoms with Crippen molar-refractivity contribution in [2.75, 3.05) is 17.2 Å². The van der Waals surface area contributed by atoms with Crippen LogP contribution in [0.2, 0.25) is 0 Å². The number of thioether (sulfide) groups is 1. The highest BCUT2D eigenvalue weighted by Crippen LogP contribution is 2.31. The second kappa shape index (κ2) is 6.34. The van der Waals surface area contributed by atoms with Gasteiger partial charge < -0.3 is 5.11 Å². The van der Waals surface area contributed by atoms with Crippen LogP contribution < -0.4 is 4.90 Å². The Labute approximate surface area is 126 Å². The molecule has 1 aromatic carbocycles. The summed E-state index contributed by atoms with van der Waals surface area (Å²) < 4.78 is 13.3. The molecule has 21 heavy (non-hydrogen) atoms. The normalized spacial score (nSPS) is 21.4. The number of rotatable bonds is 3. The molecule has 1 aromatic rings. The van der Waals surface area contributed by atoms with Gasteiger partial charge in [-0.3, -0.25) is 9.80 Å². The van der Waals surface area contributed by atoms with Gasteiger partial charge in [0, 0.05) is 18.0 Å². The van der Waals surface area contributed by atoms with E-state index in [9.17, 15) is 19.1 Å². The molecule has 1 aliphatic rings. The molecule has 2 atom stereocenters. The van der Waals surface area contributed by atoms with E-state index < -0.39 is 23.9 Å². The van der Waals surface area contributed by atoms with Gasteiger partial charge >= 0.3 is 12.0 Å². The maximum absolute atomic E-state index is 13.3. The maximum Gasteiger partial charge on any atom is 0.327 e. The van der Waals surface area contributed by atoms with Gasteiger partial charge in [0.2, 0.25) is 0 Å². The summed E-state index contributed by atoms with van der Waals surface area (Å²) in [4.78, 5) is 26.7. The third kappa shape index (κ3) is 3.12. The van der Waals surface area contributed by atoms with Crippen LogP contribution in [0.5, 0.6) is 0 Å². The van der Waals surface area contributed by atoms with Crippen LogP contribution in [0, 0.1) is 5.82 Å². The van der Waals surface area contributed by atoms with Crippen LogP contribution in [0.3, 0.4) is 0 Å². The summed E-state index contributed by atoms with van der Waals surface area (Å²) in [5.41, 5.74) is 0.427. The number of aliphatic carboxylic acids is 1. The van der Waals surface area contributed by atoms with Crippen molar-refractivity contribution in [3.05, 3.63) is 30.1 Å². The summed E-state index contributed by atoms with van der Waals surface area (Å²) in [6.07, 6.45) is 0. The summed E-state index contributed by atoms with van der Waals surface area (Å²) in [7, 11) is 0. The molecule has 1 fully saturated rings. The fraction of sp³-hybridized carbons (Fsp3) is 0.429. The topological polar surface area (TPSA) is 60.9 Å². The number of anilines is 1. The molecule has 2 rings (SSSR count). The first kappa shape index (κ1) is 15.6. The minimum absolute atomic E-state index is 0.221. The highest BCUT2D eigenvalue weighted by atomic mass is 32.2. The molecule has 0 radical (unpaired) electrons. The fourth-order valence-corrected chi connectivity index (χ4v) is 3.50. The summed E-state index contributed by atoms with van der Waals surface area (Å²) in [5, 5.41) is 9.01. The van der Waals surface area contributed by atoms with Gasteiger partial charge in [0.05, 0.1) is 5.37 Å². The summed E-state index contributed by atoms with van der Waals surface area (Å²) >= 11 is 1.42. The number of carboxylic acid groups (broad SMARTS) is 1. The number of carbonyl (C=O) groups is 2. The zero-order chi connectivity index (χ0) is 15.6. The van der Waals surface area contributed by atoms with E-state index in [1.807, 2.05) is 0 Å². The second-order valence-corrected chi connectivity index (χ2v) is 6.05. The minimum Gasteiger partial charge on any atom is -0.480 e. The molecule has 0 spiro atoms. The van der Waals surface area contributed by atoms with Crippen LogP contribution in [0.1, 0.15) is 13.8 Å². The third-order valence-electron chi connectivity index (χ3n) is 3.40. The van der Waals surface area contributed by atoms with Gasteiger partial charge in [-0.1, -0.05) is 6.07 Å². The number of benzene rings is 1. The van der Waals surface area contributed by atoms with Crippen molar-refractivity contribution in [1.82, 2.24) is 4.90 Å². The zero-order valence-corrected chi connectivity index (χ0v) is 12.6. The molecule has 7 heteroatoms. The van der Waals surface area contributed by atoms with Crippen LogP contribution in [0.15, 0.2) is 24.3 Å². The Hall–Kier alpha value is -1.76. The Balaban J connectivity index is 2.29. The number of urea groups is 1. The van der Waals surface area contributed by atoms with Crippen LogP contribution >= 0.6 is 11.8 Å². The highest BCUT2D eigenvalue weighted by Gasteiger charge is 2.41. The Kier molecular flexibility index (Phi) is 4.72. The Bertz CT molecular complexity index is 555. The van der Waals surface area contributed by atoms with Crippen molar-refractivity contribution in [1.29, 1.82) is 0 Å². The Morgan fingerprint density at radius 3 is 2.81 bits per heavy atom. The first-order valence-corrected chi connectivity index (χ1v) is 7.70. The van der Waals surface area contributed by atoms with E-state index in [0.29, 0.717) is 18.0 Å². The van der Waals surface area contributed by atoms with Gasteiger partial charge in [-0.25, -0.2) is 14.0 Å². The molecule has 5 nitrogen and oxygen atoms in total. The van der Waals surface area contributed by atoms with Gasteiger partial charge in [-0.15, -0.1) is 11.8 Å². The van der Waals surface area contributed by atoms with Gasteiger partial charge in [0.15, 0.2) is 0 Å². The largest absolute Gasteiger partial charge is 0.480 e. The number of amides is 2. The lowest BCUT2D eigenvalue weighted by Gasteiger charge is -2.31. The second-order valence-electron chi connectivity index (χ2n) is 4.70. The van der Waals surface area contributed by atoms with Crippen LogP contribution in [-0.4, -0.2) is 45.7 Å². The standard InChI is InChI=1S/C14H17FN2O3S/c1-3-16(11-6-4-5-10(15)7-11)14(20)17-9(2)21-8-12(17)13(18)19/h4-7,9,12H,3,8H2,1-2H3,(H,18,19). The van der Waals surface area contributed by atoms with Gasteiger partial charge in [0.1, 0.15) is 11.9 Å². The average Bonchev–Trinajstić information content (AvgIpc) is 2.81. The first-order chi connectivity index (χ1) is 9.95. The molecule has 1 saturated heterocycles. The van der Waals surface area contributed by atoms with Crippen LogP contribution in [0.25, 0.3) is 0 Å². The molecule has 1 N–H and O–H groups in total. The number of carboxylic acids is 1. The van der Waals surface area contributed by atoms with E-state index in [0.717, 1.165) is 0 Å². The Morgan fingerprint density at radius 1 is 1.52 bits per heavy atom. The molecule has 1 heterocycles. The van der Waals surface area contributed by atoms with E-state index in [4.69, 9.17) is 0 Å². The predicted molar refractivity (Wildman–Crippen MR) is 80.0 cm³/mol. The van der Waals surface area contributed by atoms with E-state index in [1.165, 1.54) is 39.8 Å². The lowest BCUT2D eigenvalue weighted by molar-refractivity contribution is -0.141. The number of carbonyl (C=O) groups excluding carboxylic acids is 1. The quantitative estimate of drug-likeness (QED) is 0.932. The van der Waals surface area contributed by atoms with Crippen LogP contribution in [0.4, 0.5) is 14.9 Å². The number of hydrogen-bond donors (Lipinski definition) is 1. The van der Waals surface area contributed by atoms with Crippen molar-refractivity contribution in [3.63, 3.8) is 0 Å². The van der Waals surface area contributed by atoms with Crippen LogP contribution in [-0.2, 0) is 4.79 Å². The van der Waals surface area contributed by atoms with E-state index >= 15 is 0 Å². The van der Waals surface area contributed by atoms with Crippen molar-refractivity contribution in [2.45, 2.75) is 25.3 Å². The highest BCUT2D eigenvalue weighted by molar-refractivity contribution is 8.00. The summed E-state index contributed by atoms with van der Waals surface area (Å²) in [5.74, 6) is -1.09. The van der Waals surface area contributed by atoms with Gasteiger partial charge in [-0.05, 0) is 32.0 Å². The molecule has 0 aromatic heterocycles. The summed E-state index contributed by atoms with van der Waals surface area (Å²) in [6.45, 7) is 3.90. The maximum atomic E-state index is 13.3. The molecule has 0 aliphatic carbocycles. The molecule has 1 aliphatic heterocycles. The smallest absolute Gasteiger partial charge is 0.327 e. The number of halogens is 1. The Morgan fingerprint density at radius 2 is 2.24 bits per heavy atom. The van der Waals surface area contributed by atoms with E-state index in [2.05, 4.69) is 0 Å². The van der Waals surface area contributed by atoms with Crippen molar-refractivity contribution >= 4 is 29.4 Å². The molecule has 2 unspecified atom stereocenters. The minimum atomic E-state index is -1.02. The van der Waals surface area contributed by atoms with Crippen molar-refractivity contribution in [3.8, 4) is 0 Å². The van der Waals surface area contributed by atoms with E-state index in [1.54, 1.807) is 19.9 Å². The lowest BCUT2D eigenvalue weighted by atomic mass is 10.2. The van der Waals surface area contributed by atoms with Gasteiger partial charge in [-0.2, -0.15) is 0 Å². The van der Waals surface area contributed by atoms with Gasteiger partial charge in [0.25, 0.3) is 0 Å². The molecular formula is C14H17FN2O3S. The number of nitrogens with zero attached hydrogens (tertiary/aromatic N) is 2. The van der Waals surface area contributed by atoms with Crippen molar-refractivity contribution in [2.24, 2.45) is 0 Å². The van der Waals surface area contributed by atoms with E-state index in [-0.39, 0.29) is 5.37 Å². The first-order valence-electron chi connectivity index (χ1n) is 6.65. The SMILES string of the molecule is CCN(C(=O)N1C(C)SCC1C(=O)O)c1cccc(F)c1. The third-order valence-corrected chi connectivity index (χ3v) is 4.61. The predicted octanol–water partition coefficient (Wildman–Crippen LogP) is 2.62. The molecule has 2 amide bonds. The molecule has 0 saturated carbocycles. The molecule has 0 bridgehead atoms. The fourth-order valence-electron chi connectivity index (χ4n) is 2.34. The molecule has 114 valence electrons. The molecular weight excluding hydrogens is 295 g/mol. The van der Waals surface area contributed by atoms with Crippen molar-refractivity contribution < 1.29 is 19.1 Å². The average molecular weight is 312 g/mol.